The average molecular weight is 301 g/mol. The van der Waals surface area contributed by atoms with E-state index in [0.29, 0.717) is 6.54 Å². The smallest absolute Gasteiger partial charge is 0.223 e. The fourth-order valence-electron chi connectivity index (χ4n) is 2.45. The van der Waals surface area contributed by atoms with Crippen LogP contribution in [0, 0.1) is 0 Å². The first kappa shape index (κ1) is 16.2. The molecule has 2 heterocycles. The van der Waals surface area contributed by atoms with E-state index in [4.69, 9.17) is 0 Å². The second-order valence-corrected chi connectivity index (χ2v) is 5.27. The van der Waals surface area contributed by atoms with Crippen LogP contribution in [0.1, 0.15) is 25.1 Å². The van der Waals surface area contributed by atoms with Gasteiger partial charge in [-0.05, 0) is 37.6 Å². The molecular formula is C17H23N3O2. The Morgan fingerprint density at radius 1 is 1.27 bits per heavy atom. The molecule has 0 aliphatic rings. The van der Waals surface area contributed by atoms with Gasteiger partial charge in [-0.15, -0.1) is 0 Å². The highest BCUT2D eigenvalue weighted by Crippen LogP contribution is 2.09. The highest BCUT2D eigenvalue weighted by Gasteiger charge is 2.09. The molecule has 0 saturated carbocycles. The van der Waals surface area contributed by atoms with E-state index in [1.165, 1.54) is 17.8 Å². The number of rotatable bonds is 7. The molecule has 0 aliphatic heterocycles. The number of aromatic nitrogens is 2. The van der Waals surface area contributed by atoms with Gasteiger partial charge in [0.1, 0.15) is 0 Å². The van der Waals surface area contributed by atoms with Gasteiger partial charge in [0.05, 0.1) is 6.20 Å². The van der Waals surface area contributed by atoms with Crippen LogP contribution >= 0.6 is 0 Å². The summed E-state index contributed by atoms with van der Waals surface area (Å²) in [5.41, 5.74) is 1.87. The van der Waals surface area contributed by atoms with Crippen LogP contribution in [0.2, 0.25) is 0 Å². The summed E-state index contributed by atoms with van der Waals surface area (Å²) in [5, 5.41) is 9.55. The summed E-state index contributed by atoms with van der Waals surface area (Å²) in [6.07, 6.45) is 6.08. The van der Waals surface area contributed by atoms with Gasteiger partial charge >= 0.3 is 0 Å². The first-order valence-corrected chi connectivity index (χ1v) is 7.67. The molecule has 0 radical (unpaired) electrons. The molecule has 2 aromatic rings. The van der Waals surface area contributed by atoms with Crippen molar-refractivity contribution in [3.8, 4) is 5.75 Å². The van der Waals surface area contributed by atoms with Gasteiger partial charge in [-0.1, -0.05) is 6.92 Å². The Labute approximate surface area is 130 Å². The lowest BCUT2D eigenvalue weighted by molar-refractivity contribution is 0.275. The Hall–Kier alpha value is -2.14. The van der Waals surface area contributed by atoms with Crippen LogP contribution in [-0.4, -0.2) is 32.6 Å². The molecule has 118 valence electrons. The zero-order valence-electron chi connectivity index (χ0n) is 13.2. The zero-order valence-corrected chi connectivity index (χ0v) is 13.2. The number of hydrogen-bond acceptors (Lipinski definition) is 4. The first-order valence-electron chi connectivity index (χ1n) is 7.67. The maximum atomic E-state index is 11.7. The van der Waals surface area contributed by atoms with Gasteiger partial charge in [-0.3, -0.25) is 14.7 Å². The van der Waals surface area contributed by atoms with Crippen molar-refractivity contribution in [1.82, 2.24) is 14.5 Å². The largest absolute Gasteiger partial charge is 0.503 e. The molecule has 22 heavy (non-hydrogen) atoms. The van der Waals surface area contributed by atoms with E-state index in [9.17, 15) is 9.90 Å². The van der Waals surface area contributed by atoms with Crippen LogP contribution < -0.4 is 5.43 Å². The molecule has 0 fully saturated rings. The molecule has 5 heteroatoms. The Bertz CT molecular complexity index is 653. The number of aromatic hydroxyl groups is 1. The molecule has 0 aromatic carbocycles. The number of likely N-dealkylation sites (N-methyl/N-ethyl adjacent to an activating group) is 1. The van der Waals surface area contributed by atoms with Crippen LogP contribution in [0.15, 0.2) is 41.6 Å². The van der Waals surface area contributed by atoms with E-state index >= 15 is 0 Å². The highest BCUT2D eigenvalue weighted by atomic mass is 16.3. The van der Waals surface area contributed by atoms with Crippen LogP contribution in [0.4, 0.5) is 0 Å². The van der Waals surface area contributed by atoms with E-state index in [-0.39, 0.29) is 11.2 Å². The Kier molecular flexibility index (Phi) is 5.72. The van der Waals surface area contributed by atoms with E-state index in [1.807, 2.05) is 23.6 Å². The van der Waals surface area contributed by atoms with Crippen LogP contribution in [0.25, 0.3) is 0 Å². The summed E-state index contributed by atoms with van der Waals surface area (Å²) >= 11 is 0. The van der Waals surface area contributed by atoms with Crippen LogP contribution in [-0.2, 0) is 19.5 Å². The minimum Gasteiger partial charge on any atom is -0.503 e. The molecular weight excluding hydrogens is 278 g/mol. The third-order valence-electron chi connectivity index (χ3n) is 3.84. The first-order chi connectivity index (χ1) is 10.6. The second kappa shape index (κ2) is 7.75. The monoisotopic (exact) mass is 301 g/mol. The molecule has 0 atom stereocenters. The molecule has 0 spiro atoms. The van der Waals surface area contributed by atoms with Crippen molar-refractivity contribution < 1.29 is 5.11 Å². The Morgan fingerprint density at radius 3 is 2.64 bits per heavy atom. The summed E-state index contributed by atoms with van der Waals surface area (Å²) < 4.78 is 1.92. The summed E-state index contributed by atoms with van der Waals surface area (Å²) in [6, 6.07) is 5.58. The third kappa shape index (κ3) is 4.18. The number of nitrogens with zero attached hydrogens (tertiary/aromatic N) is 3. The SMILES string of the molecule is CCN(CCc1ccncc1)Cc1cc(=O)c(O)cn1CC. The van der Waals surface area contributed by atoms with Gasteiger partial charge in [-0.25, -0.2) is 0 Å². The lowest BCUT2D eigenvalue weighted by atomic mass is 10.2. The zero-order chi connectivity index (χ0) is 15.9. The molecule has 0 aliphatic carbocycles. The topological polar surface area (TPSA) is 58.4 Å². The fraction of sp³-hybridized carbons (Fsp3) is 0.412. The van der Waals surface area contributed by atoms with Gasteiger partial charge in [-0.2, -0.15) is 0 Å². The van der Waals surface area contributed by atoms with Gasteiger partial charge in [0.25, 0.3) is 0 Å². The number of aryl methyl sites for hydroxylation is 1. The summed E-state index contributed by atoms with van der Waals surface area (Å²) in [4.78, 5) is 18.0. The lowest BCUT2D eigenvalue weighted by Gasteiger charge is -2.22. The van der Waals surface area contributed by atoms with Crippen molar-refractivity contribution in [2.75, 3.05) is 13.1 Å². The molecule has 2 aromatic heterocycles. The standard InChI is InChI=1S/C17H23N3O2/c1-3-19(10-7-14-5-8-18-9-6-14)12-15-11-16(21)17(22)13-20(15)4-2/h5-6,8-9,11,13,22H,3-4,7,10,12H2,1-2H3. The Morgan fingerprint density at radius 2 is 2.00 bits per heavy atom. The van der Waals surface area contributed by atoms with E-state index in [1.54, 1.807) is 12.4 Å². The maximum absolute atomic E-state index is 11.7. The minimum atomic E-state index is -0.315. The van der Waals surface area contributed by atoms with Crippen molar-refractivity contribution in [1.29, 1.82) is 0 Å². The summed E-state index contributed by atoms with van der Waals surface area (Å²) in [5.74, 6) is -0.189. The van der Waals surface area contributed by atoms with Crippen molar-refractivity contribution in [2.45, 2.75) is 33.4 Å². The minimum absolute atomic E-state index is 0.189. The highest BCUT2D eigenvalue weighted by molar-refractivity contribution is 5.20. The predicted octanol–water partition coefficient (Wildman–Crippen LogP) is 2.03. The van der Waals surface area contributed by atoms with E-state index in [2.05, 4.69) is 16.8 Å². The van der Waals surface area contributed by atoms with E-state index in [0.717, 1.165) is 31.7 Å². The average Bonchev–Trinajstić information content (AvgIpc) is 2.55. The fourth-order valence-corrected chi connectivity index (χ4v) is 2.45. The normalized spacial score (nSPS) is 11.0. The number of hydrogen-bond donors (Lipinski definition) is 1. The lowest BCUT2D eigenvalue weighted by Crippen LogP contribution is -2.28. The van der Waals surface area contributed by atoms with Gasteiger partial charge in [0.15, 0.2) is 5.75 Å². The summed E-state index contributed by atoms with van der Waals surface area (Å²) in [6.45, 7) is 7.36. The maximum Gasteiger partial charge on any atom is 0.223 e. The summed E-state index contributed by atoms with van der Waals surface area (Å²) in [7, 11) is 0. The molecule has 0 saturated heterocycles. The van der Waals surface area contributed by atoms with Gasteiger partial charge in [0, 0.05) is 43.8 Å². The molecule has 0 unspecified atom stereocenters. The molecule has 2 rings (SSSR count). The van der Waals surface area contributed by atoms with E-state index < -0.39 is 0 Å². The quantitative estimate of drug-likeness (QED) is 0.850. The van der Waals surface area contributed by atoms with Crippen LogP contribution in [0.3, 0.4) is 0 Å². The van der Waals surface area contributed by atoms with Crippen molar-refractivity contribution in [3.63, 3.8) is 0 Å². The van der Waals surface area contributed by atoms with Gasteiger partial charge in [0.2, 0.25) is 5.43 Å². The molecule has 1 N–H and O–H groups in total. The Balaban J connectivity index is 2.07. The molecule has 0 amide bonds. The van der Waals surface area contributed by atoms with Crippen molar-refractivity contribution in [2.24, 2.45) is 0 Å². The second-order valence-electron chi connectivity index (χ2n) is 5.27. The van der Waals surface area contributed by atoms with Crippen LogP contribution in [0.5, 0.6) is 5.75 Å². The molecule has 0 bridgehead atoms. The van der Waals surface area contributed by atoms with Crippen molar-refractivity contribution in [3.05, 3.63) is 58.3 Å². The number of pyridine rings is 2. The predicted molar refractivity (Wildman–Crippen MR) is 86.9 cm³/mol. The third-order valence-corrected chi connectivity index (χ3v) is 3.84. The van der Waals surface area contributed by atoms with Crippen molar-refractivity contribution >= 4 is 0 Å². The van der Waals surface area contributed by atoms with Gasteiger partial charge < -0.3 is 9.67 Å². The molecule has 5 nitrogen and oxygen atoms in total.